The highest BCUT2D eigenvalue weighted by molar-refractivity contribution is 7.89. The Morgan fingerprint density at radius 2 is 1.95 bits per heavy atom. The molecule has 0 bridgehead atoms. The van der Waals surface area contributed by atoms with Crippen LogP contribution in [0.3, 0.4) is 0 Å². The van der Waals surface area contributed by atoms with Crippen molar-refractivity contribution in [2.45, 2.75) is 11.3 Å². The highest BCUT2D eigenvalue weighted by Crippen LogP contribution is 2.12. The van der Waals surface area contributed by atoms with Gasteiger partial charge in [-0.15, -0.1) is 0 Å². The molecule has 3 N–H and O–H groups in total. The van der Waals surface area contributed by atoms with Gasteiger partial charge in [0.05, 0.1) is 10.6 Å². The molecule has 0 aliphatic carbocycles. The van der Waals surface area contributed by atoms with E-state index in [4.69, 9.17) is 5.14 Å². The molecule has 0 saturated heterocycles. The zero-order valence-electron chi connectivity index (χ0n) is 10.6. The fraction of sp³-hybridized carbons (Fsp3) is 0.250. The van der Waals surface area contributed by atoms with Crippen molar-refractivity contribution in [3.63, 3.8) is 0 Å². The zero-order chi connectivity index (χ0) is 13.9. The number of rotatable bonds is 5. The molecule has 0 aliphatic rings. The van der Waals surface area contributed by atoms with E-state index in [0.29, 0.717) is 0 Å². The van der Waals surface area contributed by atoms with Gasteiger partial charge in [0.1, 0.15) is 0 Å². The molecule has 102 valence electrons. The SMILES string of the molecule is Cn1ccc(CCNc2ccc(S(N)(=O)=O)cc2)n1. The van der Waals surface area contributed by atoms with Gasteiger partial charge in [-0.05, 0) is 30.3 Å². The van der Waals surface area contributed by atoms with Gasteiger partial charge in [-0.2, -0.15) is 5.10 Å². The highest BCUT2D eigenvalue weighted by Gasteiger charge is 2.06. The maximum Gasteiger partial charge on any atom is 0.238 e. The monoisotopic (exact) mass is 280 g/mol. The van der Waals surface area contributed by atoms with Crippen molar-refractivity contribution in [1.82, 2.24) is 9.78 Å². The van der Waals surface area contributed by atoms with Crippen LogP contribution >= 0.6 is 0 Å². The Bertz CT molecular complexity index is 647. The lowest BCUT2D eigenvalue weighted by molar-refractivity contribution is 0.598. The second kappa shape index (κ2) is 5.41. The van der Waals surface area contributed by atoms with Gasteiger partial charge in [0.15, 0.2) is 0 Å². The Hall–Kier alpha value is -1.86. The normalized spacial score (nSPS) is 11.5. The van der Waals surface area contributed by atoms with Gasteiger partial charge in [0.25, 0.3) is 0 Å². The number of aryl methyl sites for hydroxylation is 1. The topological polar surface area (TPSA) is 90.0 Å². The van der Waals surface area contributed by atoms with E-state index in [9.17, 15) is 8.42 Å². The summed E-state index contributed by atoms with van der Waals surface area (Å²) in [6, 6.07) is 8.32. The smallest absolute Gasteiger partial charge is 0.238 e. The fourth-order valence-corrected chi connectivity index (χ4v) is 2.21. The molecule has 0 radical (unpaired) electrons. The molecule has 0 atom stereocenters. The van der Waals surface area contributed by atoms with E-state index in [1.807, 2.05) is 19.3 Å². The Kier molecular flexibility index (Phi) is 3.87. The second-order valence-electron chi connectivity index (χ2n) is 4.23. The largest absolute Gasteiger partial charge is 0.385 e. The molecule has 1 aromatic heterocycles. The summed E-state index contributed by atoms with van der Waals surface area (Å²) in [6.07, 6.45) is 2.70. The summed E-state index contributed by atoms with van der Waals surface area (Å²) in [5, 5.41) is 12.5. The molecule has 2 aromatic rings. The van der Waals surface area contributed by atoms with Crippen LogP contribution < -0.4 is 10.5 Å². The van der Waals surface area contributed by atoms with E-state index in [1.54, 1.807) is 16.8 Å². The lowest BCUT2D eigenvalue weighted by Gasteiger charge is -2.06. The van der Waals surface area contributed by atoms with Gasteiger partial charge < -0.3 is 5.32 Å². The number of nitrogens with zero attached hydrogens (tertiary/aromatic N) is 2. The number of sulfonamides is 1. The number of nitrogens with one attached hydrogen (secondary N) is 1. The maximum absolute atomic E-state index is 11.1. The molecule has 7 heteroatoms. The molecular weight excluding hydrogens is 264 g/mol. The number of primary sulfonamides is 1. The first kappa shape index (κ1) is 13.6. The van der Waals surface area contributed by atoms with Gasteiger partial charge in [-0.25, -0.2) is 13.6 Å². The Morgan fingerprint density at radius 1 is 1.26 bits per heavy atom. The number of anilines is 1. The summed E-state index contributed by atoms with van der Waals surface area (Å²) in [7, 11) is -1.74. The van der Waals surface area contributed by atoms with Crippen molar-refractivity contribution in [2.75, 3.05) is 11.9 Å². The van der Waals surface area contributed by atoms with E-state index in [-0.39, 0.29) is 4.90 Å². The van der Waals surface area contributed by atoms with Crippen LogP contribution in [-0.4, -0.2) is 24.7 Å². The first-order valence-electron chi connectivity index (χ1n) is 5.80. The molecule has 1 heterocycles. The highest BCUT2D eigenvalue weighted by atomic mass is 32.2. The summed E-state index contributed by atoms with van der Waals surface area (Å²) >= 11 is 0. The number of hydrogen-bond donors (Lipinski definition) is 2. The van der Waals surface area contributed by atoms with Gasteiger partial charge in [-0.1, -0.05) is 0 Å². The van der Waals surface area contributed by atoms with Crippen molar-refractivity contribution in [3.05, 3.63) is 42.2 Å². The van der Waals surface area contributed by atoms with Crippen molar-refractivity contribution in [2.24, 2.45) is 12.2 Å². The second-order valence-corrected chi connectivity index (χ2v) is 5.79. The molecule has 6 nitrogen and oxygen atoms in total. The summed E-state index contributed by atoms with van der Waals surface area (Å²) in [6.45, 7) is 0.728. The average molecular weight is 280 g/mol. The molecule has 0 fully saturated rings. The Morgan fingerprint density at radius 3 is 2.47 bits per heavy atom. The first-order valence-corrected chi connectivity index (χ1v) is 7.35. The summed E-state index contributed by atoms with van der Waals surface area (Å²) in [5.74, 6) is 0. The van der Waals surface area contributed by atoms with Crippen molar-refractivity contribution in [1.29, 1.82) is 0 Å². The van der Waals surface area contributed by atoms with E-state index >= 15 is 0 Å². The predicted octanol–water partition coefficient (Wildman–Crippen LogP) is 0.722. The maximum atomic E-state index is 11.1. The average Bonchev–Trinajstić information content (AvgIpc) is 2.75. The number of nitrogens with two attached hydrogens (primary N) is 1. The van der Waals surface area contributed by atoms with Crippen LogP contribution in [0, 0.1) is 0 Å². The van der Waals surface area contributed by atoms with Crippen LogP contribution in [0.15, 0.2) is 41.4 Å². The van der Waals surface area contributed by atoms with Crippen LogP contribution in [-0.2, 0) is 23.5 Å². The molecule has 1 aromatic carbocycles. The van der Waals surface area contributed by atoms with Crippen molar-refractivity contribution >= 4 is 15.7 Å². The summed E-state index contributed by atoms with van der Waals surface area (Å²) < 4.78 is 23.9. The van der Waals surface area contributed by atoms with Crippen LogP contribution in [0.2, 0.25) is 0 Å². The molecule has 0 aliphatic heterocycles. The van der Waals surface area contributed by atoms with E-state index in [2.05, 4.69) is 10.4 Å². The predicted molar refractivity (Wildman–Crippen MR) is 73.2 cm³/mol. The van der Waals surface area contributed by atoms with Crippen LogP contribution in [0.1, 0.15) is 5.69 Å². The molecule has 0 unspecified atom stereocenters. The van der Waals surface area contributed by atoms with Crippen LogP contribution in [0.25, 0.3) is 0 Å². The summed E-state index contributed by atoms with van der Waals surface area (Å²) in [4.78, 5) is 0.114. The molecule has 0 saturated carbocycles. The molecule has 2 rings (SSSR count). The van der Waals surface area contributed by atoms with Gasteiger partial charge in [0, 0.05) is 31.9 Å². The minimum absolute atomic E-state index is 0.114. The van der Waals surface area contributed by atoms with Gasteiger partial charge in [-0.3, -0.25) is 4.68 Å². The third kappa shape index (κ3) is 3.80. The van der Waals surface area contributed by atoms with Crippen LogP contribution in [0.5, 0.6) is 0 Å². The lowest BCUT2D eigenvalue weighted by atomic mass is 10.3. The van der Waals surface area contributed by atoms with Crippen molar-refractivity contribution < 1.29 is 8.42 Å². The quantitative estimate of drug-likeness (QED) is 0.844. The molecule has 19 heavy (non-hydrogen) atoms. The number of aromatic nitrogens is 2. The van der Waals surface area contributed by atoms with E-state index < -0.39 is 10.0 Å². The Labute approximate surface area is 112 Å². The van der Waals surface area contributed by atoms with E-state index in [0.717, 1.165) is 24.3 Å². The molecule has 0 spiro atoms. The molecular formula is C12H16N4O2S. The fourth-order valence-electron chi connectivity index (χ4n) is 1.69. The van der Waals surface area contributed by atoms with Crippen LogP contribution in [0.4, 0.5) is 5.69 Å². The minimum atomic E-state index is -3.62. The number of hydrogen-bond acceptors (Lipinski definition) is 4. The standard InChI is InChI=1S/C12H16N4O2S/c1-16-9-7-11(15-16)6-8-14-10-2-4-12(5-3-10)19(13,17)18/h2-5,7,9,14H,6,8H2,1H3,(H2,13,17,18). The Balaban J connectivity index is 1.90. The minimum Gasteiger partial charge on any atom is -0.385 e. The third-order valence-corrected chi connectivity index (χ3v) is 3.59. The van der Waals surface area contributed by atoms with E-state index in [1.165, 1.54) is 12.1 Å². The summed E-state index contributed by atoms with van der Waals surface area (Å²) in [5.41, 5.74) is 1.86. The van der Waals surface area contributed by atoms with Gasteiger partial charge in [0.2, 0.25) is 10.0 Å². The lowest BCUT2D eigenvalue weighted by Crippen LogP contribution is -2.12. The molecule has 0 amide bonds. The first-order chi connectivity index (χ1) is 8.95. The van der Waals surface area contributed by atoms with Crippen molar-refractivity contribution in [3.8, 4) is 0 Å². The third-order valence-electron chi connectivity index (χ3n) is 2.66. The van der Waals surface area contributed by atoms with Gasteiger partial charge >= 0.3 is 0 Å². The zero-order valence-corrected chi connectivity index (χ0v) is 11.4. The number of benzene rings is 1.